The van der Waals surface area contributed by atoms with Crippen molar-refractivity contribution < 1.29 is 4.79 Å². The predicted molar refractivity (Wildman–Crippen MR) is 153 cm³/mol. The molecule has 1 aliphatic rings. The number of amides is 1. The summed E-state index contributed by atoms with van der Waals surface area (Å²) in [5.41, 5.74) is 4.93. The number of benzene rings is 2. The van der Waals surface area contributed by atoms with Crippen LogP contribution >= 0.6 is 11.6 Å². The van der Waals surface area contributed by atoms with Gasteiger partial charge in [-0.2, -0.15) is 0 Å². The molecule has 3 aromatic rings. The third kappa shape index (κ3) is 6.36. The predicted octanol–water partition coefficient (Wildman–Crippen LogP) is 5.83. The quantitative estimate of drug-likeness (QED) is 0.385. The number of carbonyl (C=O) groups is 1. The minimum Gasteiger partial charge on any atom is -0.369 e. The highest BCUT2D eigenvalue weighted by Crippen LogP contribution is 2.34. The van der Waals surface area contributed by atoms with Crippen molar-refractivity contribution in [2.24, 2.45) is 0 Å². The molecule has 0 aliphatic heterocycles. The van der Waals surface area contributed by atoms with Crippen LogP contribution in [0.25, 0.3) is 0 Å². The summed E-state index contributed by atoms with van der Waals surface area (Å²) in [6.45, 7) is 8.23. The van der Waals surface area contributed by atoms with E-state index in [4.69, 9.17) is 11.6 Å². The highest BCUT2D eigenvalue weighted by atomic mass is 35.5. The maximum atomic E-state index is 13.4. The molecule has 1 amide bonds. The number of hydrogen-bond donors (Lipinski definition) is 1. The third-order valence-electron chi connectivity index (χ3n) is 7.81. The molecule has 1 heterocycles. The van der Waals surface area contributed by atoms with E-state index in [0.29, 0.717) is 29.2 Å². The maximum Gasteiger partial charge on any atom is 0.252 e. The molecule has 0 atom stereocenters. The van der Waals surface area contributed by atoms with Crippen molar-refractivity contribution in [1.29, 1.82) is 0 Å². The van der Waals surface area contributed by atoms with Gasteiger partial charge in [0.1, 0.15) is 5.82 Å². The van der Waals surface area contributed by atoms with Gasteiger partial charge in [0.05, 0.1) is 6.54 Å². The van der Waals surface area contributed by atoms with Gasteiger partial charge in [-0.25, -0.2) is 4.98 Å². The van der Waals surface area contributed by atoms with Gasteiger partial charge in [-0.05, 0) is 83.8 Å². The molecule has 0 spiro atoms. The van der Waals surface area contributed by atoms with Crippen molar-refractivity contribution in [2.75, 3.05) is 25.5 Å². The van der Waals surface area contributed by atoms with Crippen molar-refractivity contribution in [3.05, 3.63) is 81.9 Å². The number of imidazole rings is 1. The monoisotopic (exact) mass is 521 g/mol. The van der Waals surface area contributed by atoms with Crippen LogP contribution in [0.5, 0.6) is 0 Å². The van der Waals surface area contributed by atoms with Crippen LogP contribution in [0.1, 0.15) is 65.6 Å². The second-order valence-electron chi connectivity index (χ2n) is 10.4. The van der Waals surface area contributed by atoms with Crippen LogP contribution in [0.4, 0.5) is 5.69 Å². The molecule has 1 saturated carbocycles. The Hall–Kier alpha value is -2.83. The van der Waals surface area contributed by atoms with Gasteiger partial charge in [0.15, 0.2) is 0 Å². The van der Waals surface area contributed by atoms with Crippen LogP contribution in [0.3, 0.4) is 0 Å². The largest absolute Gasteiger partial charge is 0.369 e. The lowest BCUT2D eigenvalue weighted by molar-refractivity contribution is 0.0949. The van der Waals surface area contributed by atoms with Gasteiger partial charge < -0.3 is 19.7 Å². The average molecular weight is 522 g/mol. The lowest BCUT2D eigenvalue weighted by Crippen LogP contribution is -2.42. The molecule has 1 fully saturated rings. The number of carbonyl (C=O) groups excluding carboxylic acids is 1. The summed E-state index contributed by atoms with van der Waals surface area (Å²) in [7, 11) is 4.34. The number of aryl methyl sites for hydroxylation is 1. The zero-order valence-electron chi connectivity index (χ0n) is 22.8. The van der Waals surface area contributed by atoms with E-state index in [9.17, 15) is 4.79 Å². The summed E-state index contributed by atoms with van der Waals surface area (Å²) in [6.07, 6.45) is 6.53. The van der Waals surface area contributed by atoms with Crippen molar-refractivity contribution in [3.63, 3.8) is 0 Å². The Morgan fingerprint density at radius 2 is 1.76 bits per heavy atom. The molecule has 37 heavy (non-hydrogen) atoms. The third-order valence-corrected chi connectivity index (χ3v) is 8.02. The Bertz CT molecular complexity index is 1200. The van der Waals surface area contributed by atoms with Crippen LogP contribution in [-0.4, -0.2) is 53.1 Å². The number of rotatable bonds is 9. The van der Waals surface area contributed by atoms with E-state index in [0.717, 1.165) is 48.7 Å². The van der Waals surface area contributed by atoms with Gasteiger partial charge in [0.25, 0.3) is 5.91 Å². The van der Waals surface area contributed by atoms with Gasteiger partial charge in [0, 0.05) is 53.3 Å². The van der Waals surface area contributed by atoms with Crippen molar-refractivity contribution in [3.8, 4) is 0 Å². The SMILES string of the molecule is CCN(c1cc(Cl)cc(C(=O)NCc2ncc(C)n2Cc2ccccc2)c1C)C1CCC(N(C)C)CC1. The van der Waals surface area contributed by atoms with E-state index in [2.05, 4.69) is 57.8 Å². The summed E-state index contributed by atoms with van der Waals surface area (Å²) >= 11 is 6.58. The standard InChI is InChI=1S/C30H40ClN5O/c1-6-35(26-14-12-25(13-15-26)34(4)5)28-17-24(31)16-27(22(28)3)30(37)33-19-29-32-18-21(2)36(29)20-23-10-8-7-9-11-23/h7-11,16-18,25-26H,6,12-15,19-20H2,1-5H3,(H,33,37). The molecule has 1 aromatic heterocycles. The van der Waals surface area contributed by atoms with Crippen LogP contribution in [0.15, 0.2) is 48.7 Å². The van der Waals surface area contributed by atoms with Crippen LogP contribution < -0.4 is 10.2 Å². The minimum atomic E-state index is -0.125. The number of hydrogen-bond acceptors (Lipinski definition) is 4. The van der Waals surface area contributed by atoms with Gasteiger partial charge in [0.2, 0.25) is 0 Å². The first kappa shape index (κ1) is 27.2. The van der Waals surface area contributed by atoms with Crippen molar-refractivity contribution in [2.45, 2.75) is 71.6 Å². The molecule has 0 radical (unpaired) electrons. The highest BCUT2D eigenvalue weighted by molar-refractivity contribution is 6.31. The molecule has 1 aliphatic carbocycles. The Balaban J connectivity index is 1.49. The summed E-state index contributed by atoms with van der Waals surface area (Å²) in [4.78, 5) is 22.7. The second-order valence-corrected chi connectivity index (χ2v) is 10.8. The van der Waals surface area contributed by atoms with Crippen molar-refractivity contribution >= 4 is 23.2 Å². The van der Waals surface area contributed by atoms with E-state index in [1.165, 1.54) is 18.4 Å². The number of aromatic nitrogens is 2. The lowest BCUT2D eigenvalue weighted by Gasteiger charge is -2.40. The molecule has 6 nitrogen and oxygen atoms in total. The average Bonchev–Trinajstić information content (AvgIpc) is 3.24. The van der Waals surface area contributed by atoms with Gasteiger partial charge in [-0.1, -0.05) is 41.9 Å². The smallest absolute Gasteiger partial charge is 0.252 e. The molecule has 0 unspecified atom stereocenters. The molecule has 7 heteroatoms. The number of nitrogens with one attached hydrogen (secondary N) is 1. The van der Waals surface area contributed by atoms with Gasteiger partial charge in [-0.15, -0.1) is 0 Å². The van der Waals surface area contributed by atoms with Gasteiger partial charge in [-0.3, -0.25) is 4.79 Å². The van der Waals surface area contributed by atoms with E-state index in [1.807, 2.05) is 44.3 Å². The van der Waals surface area contributed by atoms with Crippen LogP contribution in [0, 0.1) is 13.8 Å². The number of halogens is 1. The Labute approximate surface area is 226 Å². The molecule has 198 valence electrons. The normalized spacial score (nSPS) is 17.7. The zero-order chi connectivity index (χ0) is 26.5. The van der Waals surface area contributed by atoms with E-state index in [1.54, 1.807) is 6.07 Å². The van der Waals surface area contributed by atoms with E-state index < -0.39 is 0 Å². The fraction of sp³-hybridized carbons (Fsp3) is 0.467. The van der Waals surface area contributed by atoms with Crippen molar-refractivity contribution in [1.82, 2.24) is 19.8 Å². The highest BCUT2D eigenvalue weighted by Gasteiger charge is 2.28. The fourth-order valence-electron chi connectivity index (χ4n) is 5.60. The first-order chi connectivity index (χ1) is 17.8. The minimum absolute atomic E-state index is 0.125. The maximum absolute atomic E-state index is 13.4. The molecule has 2 aromatic carbocycles. The molecule has 4 rings (SSSR count). The fourth-order valence-corrected chi connectivity index (χ4v) is 5.81. The Kier molecular flexibility index (Phi) is 8.93. The number of nitrogens with zero attached hydrogens (tertiary/aromatic N) is 4. The van der Waals surface area contributed by atoms with Crippen LogP contribution in [-0.2, 0) is 13.1 Å². The lowest BCUT2D eigenvalue weighted by atomic mass is 9.89. The summed E-state index contributed by atoms with van der Waals surface area (Å²) in [5, 5.41) is 3.69. The Morgan fingerprint density at radius 3 is 2.41 bits per heavy atom. The molecular weight excluding hydrogens is 482 g/mol. The number of anilines is 1. The van der Waals surface area contributed by atoms with E-state index in [-0.39, 0.29) is 5.91 Å². The van der Waals surface area contributed by atoms with E-state index >= 15 is 0 Å². The topological polar surface area (TPSA) is 53.4 Å². The van der Waals surface area contributed by atoms with Crippen LogP contribution in [0.2, 0.25) is 5.02 Å². The van der Waals surface area contributed by atoms with Gasteiger partial charge >= 0.3 is 0 Å². The molecule has 1 N–H and O–H groups in total. The molecule has 0 saturated heterocycles. The zero-order valence-corrected chi connectivity index (χ0v) is 23.6. The summed E-state index contributed by atoms with van der Waals surface area (Å²) in [5.74, 6) is 0.711. The summed E-state index contributed by atoms with van der Waals surface area (Å²) < 4.78 is 2.15. The molecular formula is C30H40ClN5O. The first-order valence-corrected chi connectivity index (χ1v) is 13.7. The summed E-state index contributed by atoms with van der Waals surface area (Å²) in [6, 6.07) is 15.2. The second kappa shape index (κ2) is 12.1. The first-order valence-electron chi connectivity index (χ1n) is 13.3. The molecule has 0 bridgehead atoms. The Morgan fingerprint density at radius 1 is 1.08 bits per heavy atom.